The largest absolute Gasteiger partial charge is 0.337 e. The van der Waals surface area contributed by atoms with Gasteiger partial charge in [0.1, 0.15) is 0 Å². The summed E-state index contributed by atoms with van der Waals surface area (Å²) in [4.78, 5) is 15.8. The molecule has 1 aromatic carbocycles. The quantitative estimate of drug-likeness (QED) is 0.925. The zero-order chi connectivity index (χ0) is 15.1. The number of amides is 1. The summed E-state index contributed by atoms with van der Waals surface area (Å²) in [6.45, 7) is 1.71. The van der Waals surface area contributed by atoms with Crippen molar-refractivity contribution in [1.82, 2.24) is 4.90 Å². The highest BCUT2D eigenvalue weighted by Gasteiger charge is 2.43. The molecule has 1 aliphatic heterocycles. The maximum atomic E-state index is 12.9. The first-order chi connectivity index (χ1) is 10.7. The molecule has 1 amide bonds. The van der Waals surface area contributed by atoms with E-state index in [2.05, 4.69) is 18.2 Å². The van der Waals surface area contributed by atoms with Crippen molar-refractivity contribution >= 4 is 17.2 Å². The summed E-state index contributed by atoms with van der Waals surface area (Å²) in [7, 11) is 0. The summed E-state index contributed by atoms with van der Waals surface area (Å²) >= 11 is 1.55. The van der Waals surface area contributed by atoms with Crippen LogP contribution in [0.4, 0.5) is 0 Å². The number of carbonyl (C=O) groups excluding carboxylic acids is 1. The van der Waals surface area contributed by atoms with Crippen LogP contribution in [0.2, 0.25) is 0 Å². The Labute approximate surface area is 134 Å². The first-order valence-corrected chi connectivity index (χ1v) is 8.80. The maximum absolute atomic E-state index is 12.9. The molecular formula is C18H20N2OS. The number of nitrogens with zero attached hydrogens (tertiary/aromatic N) is 1. The number of rotatable bonds is 2. The van der Waals surface area contributed by atoms with E-state index in [0.717, 1.165) is 35.5 Å². The number of thiophene rings is 1. The van der Waals surface area contributed by atoms with Gasteiger partial charge in [0.05, 0.1) is 4.88 Å². The Hall–Kier alpha value is -1.65. The van der Waals surface area contributed by atoms with Gasteiger partial charge in [0.2, 0.25) is 0 Å². The molecule has 2 N–H and O–H groups in total. The third-order valence-electron chi connectivity index (χ3n) is 5.14. The van der Waals surface area contributed by atoms with Crippen molar-refractivity contribution in [3.05, 3.63) is 46.7 Å². The van der Waals surface area contributed by atoms with Gasteiger partial charge in [-0.05, 0) is 41.7 Å². The molecule has 2 heterocycles. The molecule has 4 rings (SSSR count). The number of benzene rings is 1. The number of likely N-dealkylation sites (tertiary alicyclic amines) is 1. The van der Waals surface area contributed by atoms with Gasteiger partial charge in [-0.15, -0.1) is 11.3 Å². The molecule has 0 spiro atoms. The van der Waals surface area contributed by atoms with Crippen LogP contribution in [0.5, 0.6) is 0 Å². The molecule has 2 aliphatic rings. The number of hydrogen-bond acceptors (Lipinski definition) is 3. The Morgan fingerprint density at radius 2 is 1.95 bits per heavy atom. The smallest absolute Gasteiger partial charge is 0.264 e. The van der Waals surface area contributed by atoms with Gasteiger partial charge in [-0.3, -0.25) is 4.79 Å². The predicted molar refractivity (Wildman–Crippen MR) is 89.8 cm³/mol. The number of hydrogen-bond donors (Lipinski definition) is 1. The first kappa shape index (κ1) is 14.0. The van der Waals surface area contributed by atoms with Crippen molar-refractivity contribution in [2.24, 2.45) is 17.6 Å². The Morgan fingerprint density at radius 1 is 1.14 bits per heavy atom. The Kier molecular flexibility index (Phi) is 3.51. The second-order valence-electron chi connectivity index (χ2n) is 6.40. The Bertz CT molecular complexity index is 681. The van der Waals surface area contributed by atoms with Crippen LogP contribution in [0.1, 0.15) is 22.5 Å². The average molecular weight is 312 g/mol. The molecular weight excluding hydrogens is 292 g/mol. The minimum Gasteiger partial charge on any atom is -0.337 e. The van der Waals surface area contributed by atoms with E-state index in [-0.39, 0.29) is 11.9 Å². The first-order valence-electron chi connectivity index (χ1n) is 7.92. The third kappa shape index (κ3) is 2.27. The summed E-state index contributed by atoms with van der Waals surface area (Å²) in [5.74, 6) is 1.29. The monoisotopic (exact) mass is 312 g/mol. The molecule has 1 saturated heterocycles. The van der Waals surface area contributed by atoms with Gasteiger partial charge in [0.25, 0.3) is 5.91 Å². The van der Waals surface area contributed by atoms with Gasteiger partial charge in [-0.2, -0.15) is 0 Å². The fourth-order valence-corrected chi connectivity index (χ4v) is 4.82. The van der Waals surface area contributed by atoms with Crippen LogP contribution >= 0.6 is 11.3 Å². The van der Waals surface area contributed by atoms with Crippen molar-refractivity contribution in [2.45, 2.75) is 18.9 Å². The molecule has 4 heteroatoms. The molecule has 2 fully saturated rings. The van der Waals surface area contributed by atoms with E-state index in [1.165, 1.54) is 6.42 Å². The lowest BCUT2D eigenvalue weighted by Crippen LogP contribution is -2.33. The molecule has 1 aliphatic carbocycles. The minimum absolute atomic E-state index is 0.176. The number of nitrogens with two attached hydrogens (primary N) is 1. The van der Waals surface area contributed by atoms with E-state index in [0.29, 0.717) is 11.8 Å². The van der Waals surface area contributed by atoms with Crippen molar-refractivity contribution in [3.63, 3.8) is 0 Å². The second-order valence-corrected chi connectivity index (χ2v) is 7.32. The molecule has 0 radical (unpaired) electrons. The van der Waals surface area contributed by atoms with Gasteiger partial charge < -0.3 is 10.6 Å². The fourth-order valence-electron chi connectivity index (χ4n) is 3.94. The molecule has 2 aromatic rings. The average Bonchev–Trinajstić information content (AvgIpc) is 3.25. The highest BCUT2D eigenvalue weighted by Crippen LogP contribution is 2.39. The molecule has 114 valence electrons. The highest BCUT2D eigenvalue weighted by molar-refractivity contribution is 7.12. The van der Waals surface area contributed by atoms with Crippen LogP contribution < -0.4 is 5.73 Å². The molecule has 22 heavy (non-hydrogen) atoms. The third-order valence-corrected chi connectivity index (χ3v) is 6.05. The van der Waals surface area contributed by atoms with E-state index in [1.54, 1.807) is 11.3 Å². The summed E-state index contributed by atoms with van der Waals surface area (Å²) in [6, 6.07) is 12.5. The predicted octanol–water partition coefficient (Wildman–Crippen LogP) is 3.22. The van der Waals surface area contributed by atoms with Crippen LogP contribution in [0.3, 0.4) is 0 Å². The molecule has 3 unspecified atom stereocenters. The van der Waals surface area contributed by atoms with Crippen LogP contribution in [0, 0.1) is 11.8 Å². The van der Waals surface area contributed by atoms with Crippen molar-refractivity contribution in [2.75, 3.05) is 13.1 Å². The fraction of sp³-hybridized carbons (Fsp3) is 0.389. The van der Waals surface area contributed by atoms with E-state index >= 15 is 0 Å². The lowest BCUT2D eigenvalue weighted by Gasteiger charge is -2.19. The molecule has 3 nitrogen and oxygen atoms in total. The Balaban J connectivity index is 1.59. The van der Waals surface area contributed by atoms with Crippen LogP contribution in [-0.2, 0) is 0 Å². The van der Waals surface area contributed by atoms with Crippen molar-refractivity contribution in [1.29, 1.82) is 0 Å². The topological polar surface area (TPSA) is 46.3 Å². The number of fused-ring (bicyclic) bond motifs is 1. The lowest BCUT2D eigenvalue weighted by atomic mass is 9.98. The zero-order valence-corrected chi connectivity index (χ0v) is 13.3. The van der Waals surface area contributed by atoms with Gasteiger partial charge in [-0.25, -0.2) is 0 Å². The Morgan fingerprint density at radius 3 is 2.73 bits per heavy atom. The SMILES string of the molecule is NC1CCC2CN(C(=O)c3sccc3-c3ccccc3)CC12. The van der Waals surface area contributed by atoms with Crippen molar-refractivity contribution in [3.8, 4) is 11.1 Å². The molecule has 1 saturated carbocycles. The van der Waals surface area contributed by atoms with E-state index in [1.807, 2.05) is 28.5 Å². The molecule has 3 atom stereocenters. The summed E-state index contributed by atoms with van der Waals surface area (Å²) in [6.07, 6.45) is 2.29. The van der Waals surface area contributed by atoms with Crippen molar-refractivity contribution < 1.29 is 4.79 Å². The van der Waals surface area contributed by atoms with Crippen LogP contribution in [0.25, 0.3) is 11.1 Å². The van der Waals surface area contributed by atoms with Gasteiger partial charge >= 0.3 is 0 Å². The zero-order valence-electron chi connectivity index (χ0n) is 12.4. The second kappa shape index (κ2) is 5.52. The van der Waals surface area contributed by atoms with Gasteiger partial charge in [0.15, 0.2) is 0 Å². The summed E-state index contributed by atoms with van der Waals surface area (Å²) < 4.78 is 0. The van der Waals surface area contributed by atoms with E-state index < -0.39 is 0 Å². The minimum atomic E-state index is 0.176. The van der Waals surface area contributed by atoms with E-state index in [9.17, 15) is 4.79 Å². The molecule has 1 aromatic heterocycles. The summed E-state index contributed by atoms with van der Waals surface area (Å²) in [5, 5.41) is 2.01. The highest BCUT2D eigenvalue weighted by atomic mass is 32.1. The number of carbonyl (C=O) groups is 1. The van der Waals surface area contributed by atoms with Crippen LogP contribution in [0.15, 0.2) is 41.8 Å². The van der Waals surface area contributed by atoms with Crippen LogP contribution in [-0.4, -0.2) is 29.9 Å². The lowest BCUT2D eigenvalue weighted by molar-refractivity contribution is 0.0785. The maximum Gasteiger partial charge on any atom is 0.264 e. The van der Waals surface area contributed by atoms with Gasteiger partial charge in [-0.1, -0.05) is 30.3 Å². The summed E-state index contributed by atoms with van der Waals surface area (Å²) in [5.41, 5.74) is 8.35. The molecule has 0 bridgehead atoms. The van der Waals surface area contributed by atoms with E-state index in [4.69, 9.17) is 5.73 Å². The normalized spacial score (nSPS) is 27.1. The van der Waals surface area contributed by atoms with Gasteiger partial charge in [0, 0.05) is 24.7 Å². The standard InChI is InChI=1S/C18H20N2OS/c19-16-7-6-13-10-20(11-15(13)16)18(21)17-14(8-9-22-17)12-4-2-1-3-5-12/h1-5,8-9,13,15-16H,6-7,10-11,19H2.